The predicted octanol–water partition coefficient (Wildman–Crippen LogP) is 3.10. The molecule has 0 saturated carbocycles. The zero-order valence-corrected chi connectivity index (χ0v) is 10.6. The summed E-state index contributed by atoms with van der Waals surface area (Å²) in [6.07, 6.45) is 1.85. The van der Waals surface area contributed by atoms with Gasteiger partial charge in [-0.25, -0.2) is 21.6 Å². The van der Waals surface area contributed by atoms with Crippen molar-refractivity contribution in [3.8, 4) is 0 Å². The first-order chi connectivity index (χ1) is 7.68. The number of allylic oxidation sites excluding steroid dienone is 2. The fourth-order valence-corrected chi connectivity index (χ4v) is 3.64. The van der Waals surface area contributed by atoms with Crippen molar-refractivity contribution in [3.05, 3.63) is 11.9 Å². The van der Waals surface area contributed by atoms with Gasteiger partial charge in [0.15, 0.2) is 9.84 Å². The lowest BCUT2D eigenvalue weighted by atomic mass is 9.96. The van der Waals surface area contributed by atoms with Crippen LogP contribution in [0.15, 0.2) is 11.9 Å². The third-order valence-corrected chi connectivity index (χ3v) is 4.61. The van der Waals surface area contributed by atoms with E-state index in [0.717, 1.165) is 0 Å². The Labute approximate surface area is 99.8 Å². The number of hydrogen-bond acceptors (Lipinski definition) is 2. The average molecular weight is 270 g/mol. The SMILES string of the molecule is CC(F)(F)CCS(=O)(=O)CC1CC=C(F)CC1. The average Bonchev–Trinajstić information content (AvgIpc) is 2.18. The van der Waals surface area contributed by atoms with E-state index in [2.05, 4.69) is 0 Å². The first-order valence-electron chi connectivity index (χ1n) is 5.61. The molecule has 0 amide bonds. The van der Waals surface area contributed by atoms with Crippen LogP contribution in [0.1, 0.15) is 32.6 Å². The minimum atomic E-state index is -3.46. The summed E-state index contributed by atoms with van der Waals surface area (Å²) < 4.78 is 61.0. The van der Waals surface area contributed by atoms with Crippen molar-refractivity contribution in [2.45, 2.75) is 38.5 Å². The Kier molecular flexibility index (Phi) is 4.63. The summed E-state index contributed by atoms with van der Waals surface area (Å²) in [4.78, 5) is 0. The normalized spacial score (nSPS) is 22.4. The van der Waals surface area contributed by atoms with Crippen LogP contribution < -0.4 is 0 Å². The highest BCUT2D eigenvalue weighted by Crippen LogP contribution is 2.26. The monoisotopic (exact) mass is 270 g/mol. The van der Waals surface area contributed by atoms with Crippen molar-refractivity contribution in [2.24, 2.45) is 5.92 Å². The van der Waals surface area contributed by atoms with Gasteiger partial charge in [-0.15, -0.1) is 0 Å². The van der Waals surface area contributed by atoms with Crippen molar-refractivity contribution < 1.29 is 21.6 Å². The van der Waals surface area contributed by atoms with Gasteiger partial charge in [-0.05, 0) is 32.1 Å². The molecule has 0 radical (unpaired) electrons. The van der Waals surface area contributed by atoms with Gasteiger partial charge in [-0.1, -0.05) is 6.08 Å². The van der Waals surface area contributed by atoms with Crippen LogP contribution in [-0.4, -0.2) is 25.8 Å². The minimum absolute atomic E-state index is 0.118. The Hall–Kier alpha value is -0.520. The van der Waals surface area contributed by atoms with Gasteiger partial charge in [-0.3, -0.25) is 0 Å². The van der Waals surface area contributed by atoms with Crippen LogP contribution in [0.2, 0.25) is 0 Å². The smallest absolute Gasteiger partial charge is 0.229 e. The van der Waals surface area contributed by atoms with Gasteiger partial charge in [0.05, 0.1) is 17.3 Å². The summed E-state index contributed by atoms with van der Waals surface area (Å²) in [5.74, 6) is -3.92. The van der Waals surface area contributed by atoms with E-state index >= 15 is 0 Å². The standard InChI is InChI=1S/C11H17F3O2S/c1-11(13,14)6-7-17(15,16)8-9-2-4-10(12)5-3-9/h4,9H,2-3,5-8H2,1H3. The van der Waals surface area contributed by atoms with Crippen molar-refractivity contribution >= 4 is 9.84 Å². The molecule has 6 heteroatoms. The van der Waals surface area contributed by atoms with Crippen LogP contribution >= 0.6 is 0 Å². The van der Waals surface area contributed by atoms with Gasteiger partial charge < -0.3 is 0 Å². The van der Waals surface area contributed by atoms with E-state index in [4.69, 9.17) is 0 Å². The number of hydrogen-bond donors (Lipinski definition) is 0. The number of alkyl halides is 2. The zero-order valence-electron chi connectivity index (χ0n) is 9.76. The second-order valence-corrected chi connectivity index (χ2v) is 6.95. The minimum Gasteiger partial charge on any atom is -0.229 e. The van der Waals surface area contributed by atoms with Gasteiger partial charge in [0.25, 0.3) is 0 Å². The van der Waals surface area contributed by atoms with Gasteiger partial charge in [-0.2, -0.15) is 0 Å². The van der Waals surface area contributed by atoms with Crippen LogP contribution in [0, 0.1) is 5.92 Å². The molecule has 0 aromatic heterocycles. The van der Waals surface area contributed by atoms with E-state index in [1.807, 2.05) is 0 Å². The predicted molar refractivity (Wildman–Crippen MR) is 60.4 cm³/mol. The Balaban J connectivity index is 2.45. The molecule has 0 aromatic carbocycles. The summed E-state index contributed by atoms with van der Waals surface area (Å²) in [7, 11) is -3.46. The van der Waals surface area contributed by atoms with E-state index in [1.165, 1.54) is 6.08 Å². The largest absolute Gasteiger partial charge is 0.246 e. The molecule has 0 aromatic rings. The van der Waals surface area contributed by atoms with Gasteiger partial charge >= 0.3 is 0 Å². The van der Waals surface area contributed by atoms with E-state index in [1.54, 1.807) is 0 Å². The third-order valence-electron chi connectivity index (χ3n) is 2.81. The highest BCUT2D eigenvalue weighted by molar-refractivity contribution is 7.91. The Bertz CT molecular complexity index is 382. The van der Waals surface area contributed by atoms with Crippen molar-refractivity contribution in [2.75, 3.05) is 11.5 Å². The molecule has 0 N–H and O–H groups in total. The van der Waals surface area contributed by atoms with E-state index in [-0.39, 0.29) is 23.9 Å². The summed E-state index contributed by atoms with van der Waals surface area (Å²) >= 11 is 0. The quantitative estimate of drug-likeness (QED) is 0.769. The van der Waals surface area contributed by atoms with Gasteiger partial charge in [0, 0.05) is 6.42 Å². The van der Waals surface area contributed by atoms with Crippen molar-refractivity contribution in [1.82, 2.24) is 0 Å². The number of sulfone groups is 1. The second-order valence-electron chi connectivity index (χ2n) is 4.73. The molecule has 1 rings (SSSR count). The fourth-order valence-electron chi connectivity index (χ4n) is 1.79. The highest BCUT2D eigenvalue weighted by atomic mass is 32.2. The van der Waals surface area contributed by atoms with Crippen molar-refractivity contribution in [3.63, 3.8) is 0 Å². The maximum atomic E-state index is 12.7. The summed E-state index contributed by atoms with van der Waals surface area (Å²) in [5, 5.41) is 0. The van der Waals surface area contributed by atoms with Crippen LogP contribution in [0.3, 0.4) is 0 Å². The summed E-state index contributed by atoms with van der Waals surface area (Å²) in [6.45, 7) is 0.710. The molecule has 0 heterocycles. The molecule has 1 aliphatic rings. The molecule has 1 atom stereocenters. The molecule has 0 saturated heterocycles. The number of halogens is 3. The number of rotatable bonds is 5. The lowest BCUT2D eigenvalue weighted by Gasteiger charge is -2.19. The van der Waals surface area contributed by atoms with Gasteiger partial charge in [0.2, 0.25) is 5.92 Å². The van der Waals surface area contributed by atoms with E-state index < -0.39 is 27.9 Å². The molecule has 0 fully saturated rings. The van der Waals surface area contributed by atoms with Crippen LogP contribution in [0.5, 0.6) is 0 Å². The Morgan fingerprint density at radius 2 is 2.12 bits per heavy atom. The molecule has 100 valence electrons. The van der Waals surface area contributed by atoms with E-state index in [0.29, 0.717) is 19.8 Å². The van der Waals surface area contributed by atoms with Gasteiger partial charge in [0.1, 0.15) is 0 Å². The summed E-state index contributed by atoms with van der Waals surface area (Å²) in [6, 6.07) is 0. The highest BCUT2D eigenvalue weighted by Gasteiger charge is 2.27. The molecule has 0 bridgehead atoms. The van der Waals surface area contributed by atoms with Crippen molar-refractivity contribution in [1.29, 1.82) is 0 Å². The molecule has 17 heavy (non-hydrogen) atoms. The first kappa shape index (κ1) is 14.5. The molecule has 1 unspecified atom stereocenters. The second kappa shape index (κ2) is 5.42. The van der Waals surface area contributed by atoms with Crippen LogP contribution in [-0.2, 0) is 9.84 Å². The molecule has 0 aliphatic heterocycles. The molecular weight excluding hydrogens is 253 g/mol. The molecule has 0 spiro atoms. The Morgan fingerprint density at radius 1 is 1.47 bits per heavy atom. The first-order valence-corrected chi connectivity index (χ1v) is 7.43. The third kappa shape index (κ3) is 6.10. The molecule has 1 aliphatic carbocycles. The Morgan fingerprint density at radius 3 is 2.59 bits per heavy atom. The maximum absolute atomic E-state index is 12.7. The molecular formula is C11H17F3O2S. The van der Waals surface area contributed by atoms with Crippen LogP contribution in [0.25, 0.3) is 0 Å². The topological polar surface area (TPSA) is 34.1 Å². The lowest BCUT2D eigenvalue weighted by molar-refractivity contribution is 0.0189. The zero-order chi connectivity index (χ0) is 13.1. The molecule has 2 nitrogen and oxygen atoms in total. The summed E-state index contributed by atoms with van der Waals surface area (Å²) in [5.41, 5.74) is 0. The fraction of sp³-hybridized carbons (Fsp3) is 0.818. The lowest BCUT2D eigenvalue weighted by Crippen LogP contribution is -2.24. The van der Waals surface area contributed by atoms with Crippen LogP contribution in [0.4, 0.5) is 13.2 Å². The maximum Gasteiger partial charge on any atom is 0.246 e. The van der Waals surface area contributed by atoms with E-state index in [9.17, 15) is 21.6 Å².